The zero-order valence-electron chi connectivity index (χ0n) is 10.6. The van der Waals surface area contributed by atoms with Crippen LogP contribution in [0.4, 0.5) is 5.69 Å². The highest BCUT2D eigenvalue weighted by molar-refractivity contribution is 5.46. The number of nitro benzene ring substituents is 1. The van der Waals surface area contributed by atoms with Gasteiger partial charge >= 0.3 is 0 Å². The molecule has 0 atom stereocenters. The minimum atomic E-state index is -0.741. The van der Waals surface area contributed by atoms with E-state index in [-0.39, 0.29) is 29.2 Å². The number of nitriles is 1. The molecule has 1 heterocycles. The third kappa shape index (κ3) is 2.43. The Balaban J connectivity index is 2.76. The van der Waals surface area contributed by atoms with Crippen molar-refractivity contribution >= 4 is 5.69 Å². The number of hydrogen-bond donors (Lipinski definition) is 2. The van der Waals surface area contributed by atoms with Crippen molar-refractivity contribution in [3.8, 4) is 17.5 Å². The number of non-ortho nitro benzene ring substituents is 1. The second-order valence-electron chi connectivity index (χ2n) is 3.99. The Bertz CT molecular complexity index is 821. The lowest BCUT2D eigenvalue weighted by atomic mass is 10.2. The lowest BCUT2D eigenvalue weighted by Crippen LogP contribution is -2.27. The Morgan fingerprint density at radius 2 is 2.24 bits per heavy atom. The molecule has 3 N–H and O–H groups in total. The van der Waals surface area contributed by atoms with Gasteiger partial charge < -0.3 is 10.8 Å². The first-order valence-corrected chi connectivity index (χ1v) is 5.69. The van der Waals surface area contributed by atoms with E-state index in [1.54, 1.807) is 6.07 Å². The molecule has 1 aromatic heterocycles. The van der Waals surface area contributed by atoms with Crippen LogP contribution in [0, 0.1) is 21.4 Å². The van der Waals surface area contributed by atoms with Crippen LogP contribution in [0.25, 0.3) is 5.69 Å². The molecule has 1 aromatic carbocycles. The number of nitrogens with zero attached hydrogens (tertiary/aromatic N) is 4. The third-order valence-electron chi connectivity index (χ3n) is 2.76. The highest BCUT2D eigenvalue weighted by atomic mass is 16.6. The molecule has 106 valence electrons. The maximum Gasteiger partial charge on any atom is 0.279 e. The number of rotatable bonds is 3. The van der Waals surface area contributed by atoms with Gasteiger partial charge in [-0.15, -0.1) is 5.10 Å². The van der Waals surface area contributed by atoms with Gasteiger partial charge in [0.2, 0.25) is 5.69 Å². The summed E-state index contributed by atoms with van der Waals surface area (Å²) in [6, 6.07) is 6.81. The first-order valence-electron chi connectivity index (χ1n) is 5.69. The first-order chi connectivity index (χ1) is 9.99. The predicted molar refractivity (Wildman–Crippen MR) is 70.8 cm³/mol. The van der Waals surface area contributed by atoms with Crippen molar-refractivity contribution in [3.05, 3.63) is 56.0 Å². The summed E-state index contributed by atoms with van der Waals surface area (Å²) < 4.78 is 0.799. The van der Waals surface area contributed by atoms with Gasteiger partial charge in [0.15, 0.2) is 5.75 Å². The molecule has 0 amide bonds. The minimum absolute atomic E-state index is 0.0976. The molecule has 0 aliphatic heterocycles. The molecule has 9 heteroatoms. The molecule has 2 rings (SSSR count). The summed E-state index contributed by atoms with van der Waals surface area (Å²) in [5, 5.41) is 33.0. The molecular weight excluding hydrogens is 278 g/mol. The first kappa shape index (κ1) is 14.2. The second-order valence-corrected chi connectivity index (χ2v) is 3.99. The van der Waals surface area contributed by atoms with Gasteiger partial charge in [-0.1, -0.05) is 6.07 Å². The van der Waals surface area contributed by atoms with Crippen LogP contribution in [-0.4, -0.2) is 19.8 Å². The van der Waals surface area contributed by atoms with E-state index >= 15 is 0 Å². The van der Waals surface area contributed by atoms with E-state index in [0.29, 0.717) is 0 Å². The van der Waals surface area contributed by atoms with Crippen LogP contribution >= 0.6 is 0 Å². The summed E-state index contributed by atoms with van der Waals surface area (Å²) in [5.74, 6) is -0.577. The summed E-state index contributed by atoms with van der Waals surface area (Å²) in [6.07, 6.45) is 0. The normalized spacial score (nSPS) is 10.1. The summed E-state index contributed by atoms with van der Waals surface area (Å²) in [5.41, 5.74) is 3.93. The van der Waals surface area contributed by atoms with Gasteiger partial charge in [0.25, 0.3) is 11.2 Å². The highest BCUT2D eigenvalue weighted by Crippen LogP contribution is 2.19. The van der Waals surface area contributed by atoms with Gasteiger partial charge in [-0.25, -0.2) is 0 Å². The summed E-state index contributed by atoms with van der Waals surface area (Å²) in [7, 11) is 0. The number of nitro groups is 1. The topological polar surface area (TPSA) is 148 Å². The second kappa shape index (κ2) is 5.40. The van der Waals surface area contributed by atoms with Gasteiger partial charge in [0.05, 0.1) is 16.2 Å². The minimum Gasteiger partial charge on any atom is -0.504 e. The zero-order valence-corrected chi connectivity index (χ0v) is 10.6. The maximum atomic E-state index is 12.2. The smallest absolute Gasteiger partial charge is 0.279 e. The lowest BCUT2D eigenvalue weighted by Gasteiger charge is -2.08. The quantitative estimate of drug-likeness (QED) is 0.603. The summed E-state index contributed by atoms with van der Waals surface area (Å²) in [6.45, 7) is -0.295. The van der Waals surface area contributed by atoms with E-state index in [1.165, 1.54) is 18.2 Å². The highest BCUT2D eigenvalue weighted by Gasteiger charge is 2.17. The largest absolute Gasteiger partial charge is 0.504 e. The fraction of sp³-hybridized carbons (Fsp3) is 0.0833. The Morgan fingerprint density at radius 1 is 1.52 bits per heavy atom. The van der Waals surface area contributed by atoms with E-state index in [0.717, 1.165) is 10.7 Å². The molecule has 0 bridgehead atoms. The standard InChI is InChI=1S/C12H9N5O4/c13-5-9-11(18)10(6-14)15-16(12(9)19)7-2-1-3-8(4-7)17(20)21/h1-4,18H,5,13H2. The Morgan fingerprint density at radius 3 is 2.81 bits per heavy atom. The van der Waals surface area contributed by atoms with E-state index in [2.05, 4.69) is 5.10 Å². The van der Waals surface area contributed by atoms with Crippen LogP contribution in [0.2, 0.25) is 0 Å². The van der Waals surface area contributed by atoms with Gasteiger partial charge in [0.1, 0.15) is 6.07 Å². The van der Waals surface area contributed by atoms with E-state index in [9.17, 15) is 20.0 Å². The van der Waals surface area contributed by atoms with Crippen molar-refractivity contribution in [2.45, 2.75) is 6.54 Å². The number of aromatic nitrogens is 2. The average Bonchev–Trinajstić information content (AvgIpc) is 2.48. The molecule has 0 unspecified atom stereocenters. The van der Waals surface area contributed by atoms with Crippen LogP contribution in [0.5, 0.6) is 5.75 Å². The van der Waals surface area contributed by atoms with Gasteiger partial charge in [-0.3, -0.25) is 14.9 Å². The number of benzene rings is 1. The number of hydrogen-bond acceptors (Lipinski definition) is 7. The molecular formula is C12H9N5O4. The van der Waals surface area contributed by atoms with E-state index in [1.807, 2.05) is 0 Å². The molecule has 0 fully saturated rings. The number of aromatic hydroxyl groups is 1. The summed E-state index contributed by atoms with van der Waals surface area (Å²) in [4.78, 5) is 22.3. The van der Waals surface area contributed by atoms with Crippen LogP contribution in [-0.2, 0) is 6.54 Å². The third-order valence-corrected chi connectivity index (χ3v) is 2.76. The fourth-order valence-electron chi connectivity index (χ4n) is 1.74. The molecule has 0 radical (unpaired) electrons. The zero-order chi connectivity index (χ0) is 15.6. The molecule has 2 aromatic rings. The SMILES string of the molecule is N#Cc1nn(-c2cccc([N+](=O)[O-])c2)c(=O)c(CN)c1O. The van der Waals surface area contributed by atoms with Crippen molar-refractivity contribution < 1.29 is 10.0 Å². The van der Waals surface area contributed by atoms with Crippen molar-refractivity contribution in [2.24, 2.45) is 5.73 Å². The average molecular weight is 287 g/mol. The fourth-order valence-corrected chi connectivity index (χ4v) is 1.74. The lowest BCUT2D eigenvalue weighted by molar-refractivity contribution is -0.384. The van der Waals surface area contributed by atoms with Gasteiger partial charge in [-0.05, 0) is 6.07 Å². The van der Waals surface area contributed by atoms with Crippen LogP contribution in [0.1, 0.15) is 11.3 Å². The Kier molecular flexibility index (Phi) is 3.64. The van der Waals surface area contributed by atoms with Crippen molar-refractivity contribution in [1.82, 2.24) is 9.78 Å². The van der Waals surface area contributed by atoms with E-state index in [4.69, 9.17) is 11.0 Å². The Hall–Kier alpha value is -3.25. The van der Waals surface area contributed by atoms with Gasteiger partial charge in [0, 0.05) is 18.7 Å². The molecule has 0 aliphatic carbocycles. The summed E-state index contributed by atoms with van der Waals surface area (Å²) >= 11 is 0. The molecule has 0 saturated carbocycles. The number of nitrogens with two attached hydrogens (primary N) is 1. The molecule has 0 saturated heterocycles. The van der Waals surface area contributed by atoms with Crippen LogP contribution < -0.4 is 11.3 Å². The van der Waals surface area contributed by atoms with Crippen molar-refractivity contribution in [2.75, 3.05) is 0 Å². The van der Waals surface area contributed by atoms with E-state index < -0.39 is 16.2 Å². The van der Waals surface area contributed by atoms with Crippen molar-refractivity contribution in [3.63, 3.8) is 0 Å². The monoisotopic (exact) mass is 287 g/mol. The van der Waals surface area contributed by atoms with Crippen molar-refractivity contribution in [1.29, 1.82) is 5.26 Å². The van der Waals surface area contributed by atoms with Crippen LogP contribution in [0.15, 0.2) is 29.1 Å². The molecule has 9 nitrogen and oxygen atoms in total. The van der Waals surface area contributed by atoms with Crippen LogP contribution in [0.3, 0.4) is 0 Å². The molecule has 0 spiro atoms. The Labute approximate surface area is 117 Å². The maximum absolute atomic E-state index is 12.2. The van der Waals surface area contributed by atoms with Gasteiger partial charge in [-0.2, -0.15) is 9.94 Å². The predicted octanol–water partition coefficient (Wildman–Crippen LogP) is 0.177. The molecule has 21 heavy (non-hydrogen) atoms. The molecule has 0 aliphatic rings.